The van der Waals surface area contributed by atoms with Crippen molar-refractivity contribution in [1.29, 1.82) is 0 Å². The minimum absolute atomic E-state index is 0.152. The lowest BCUT2D eigenvalue weighted by Crippen LogP contribution is -2.45. The zero-order valence-electron chi connectivity index (χ0n) is 17.3. The van der Waals surface area contributed by atoms with Gasteiger partial charge in [0.1, 0.15) is 17.2 Å². The van der Waals surface area contributed by atoms with Crippen molar-refractivity contribution in [2.75, 3.05) is 18.0 Å². The van der Waals surface area contributed by atoms with Gasteiger partial charge in [-0.05, 0) is 54.9 Å². The molecule has 1 aliphatic heterocycles. The van der Waals surface area contributed by atoms with Gasteiger partial charge in [0, 0.05) is 30.7 Å². The topological polar surface area (TPSA) is 83.7 Å². The smallest absolute Gasteiger partial charge is 0.155 e. The number of halogens is 1. The number of aromatic nitrogens is 4. The number of H-pyrrole nitrogens is 1. The van der Waals surface area contributed by atoms with Gasteiger partial charge in [-0.25, -0.2) is 14.4 Å². The van der Waals surface area contributed by atoms with E-state index >= 15 is 0 Å². The highest BCUT2D eigenvalue weighted by Crippen LogP contribution is 2.31. The van der Waals surface area contributed by atoms with Gasteiger partial charge in [0.05, 0.1) is 0 Å². The first-order chi connectivity index (χ1) is 13.8. The molecule has 0 spiro atoms. The third-order valence-electron chi connectivity index (χ3n) is 5.63. The monoisotopic (exact) mass is 396 g/mol. The second-order valence-electron chi connectivity index (χ2n) is 9.25. The Morgan fingerprint density at radius 2 is 2.10 bits per heavy atom. The van der Waals surface area contributed by atoms with E-state index in [4.69, 9.17) is 5.73 Å². The van der Waals surface area contributed by atoms with Gasteiger partial charge in [0.15, 0.2) is 11.5 Å². The fourth-order valence-electron chi connectivity index (χ4n) is 4.25. The maximum atomic E-state index is 14.6. The second kappa shape index (κ2) is 7.71. The Balaban J connectivity index is 1.60. The Labute approximate surface area is 170 Å². The number of rotatable bonds is 4. The Morgan fingerprint density at radius 1 is 1.28 bits per heavy atom. The van der Waals surface area contributed by atoms with Gasteiger partial charge in [0.25, 0.3) is 0 Å². The molecule has 0 amide bonds. The van der Waals surface area contributed by atoms with Crippen LogP contribution in [0.25, 0.3) is 22.4 Å². The van der Waals surface area contributed by atoms with Crippen LogP contribution in [0.4, 0.5) is 10.2 Å². The van der Waals surface area contributed by atoms with E-state index in [0.29, 0.717) is 17.3 Å². The van der Waals surface area contributed by atoms with Gasteiger partial charge < -0.3 is 10.6 Å². The number of nitrogens with one attached hydrogen (secondary N) is 1. The van der Waals surface area contributed by atoms with Crippen LogP contribution in [-0.2, 0) is 0 Å². The van der Waals surface area contributed by atoms with Crippen LogP contribution in [0.2, 0.25) is 0 Å². The maximum absolute atomic E-state index is 14.6. The molecule has 7 heteroatoms. The van der Waals surface area contributed by atoms with Crippen LogP contribution in [0.15, 0.2) is 30.5 Å². The summed E-state index contributed by atoms with van der Waals surface area (Å²) in [5.41, 5.74) is 8.12. The van der Waals surface area contributed by atoms with E-state index in [1.165, 1.54) is 6.07 Å². The molecule has 4 heterocycles. The lowest BCUT2D eigenvalue weighted by molar-refractivity contribution is 0.260. The SMILES string of the molecule is CC(C)(C)CC(N)C1CCCN(c2ccc(F)c(-c3n[nH]c4ncccc34)n2)C1. The van der Waals surface area contributed by atoms with Gasteiger partial charge in [-0.3, -0.25) is 5.10 Å². The van der Waals surface area contributed by atoms with Crippen molar-refractivity contribution in [3.63, 3.8) is 0 Å². The first kappa shape index (κ1) is 19.8. The van der Waals surface area contributed by atoms with Crippen molar-refractivity contribution < 1.29 is 4.39 Å². The predicted molar refractivity (Wildman–Crippen MR) is 114 cm³/mol. The molecule has 29 heavy (non-hydrogen) atoms. The molecule has 2 unspecified atom stereocenters. The molecule has 1 saturated heterocycles. The summed E-state index contributed by atoms with van der Waals surface area (Å²) in [4.78, 5) is 11.1. The van der Waals surface area contributed by atoms with Crippen LogP contribution in [0.5, 0.6) is 0 Å². The van der Waals surface area contributed by atoms with Crippen molar-refractivity contribution >= 4 is 16.9 Å². The normalized spacial score (nSPS) is 18.9. The van der Waals surface area contributed by atoms with Crippen molar-refractivity contribution in [2.24, 2.45) is 17.1 Å². The van der Waals surface area contributed by atoms with Crippen LogP contribution in [-0.4, -0.2) is 39.3 Å². The summed E-state index contributed by atoms with van der Waals surface area (Å²) in [6, 6.07) is 7.07. The zero-order valence-corrected chi connectivity index (χ0v) is 17.3. The van der Waals surface area contributed by atoms with E-state index in [-0.39, 0.29) is 23.0 Å². The molecule has 3 N–H and O–H groups in total. The molecule has 3 aromatic heterocycles. The summed E-state index contributed by atoms with van der Waals surface area (Å²) in [5, 5.41) is 7.89. The Bertz CT molecular complexity index is 992. The Kier molecular flexibility index (Phi) is 5.25. The minimum Gasteiger partial charge on any atom is -0.356 e. The third-order valence-corrected chi connectivity index (χ3v) is 5.63. The first-order valence-electron chi connectivity index (χ1n) is 10.3. The highest BCUT2D eigenvalue weighted by molar-refractivity contribution is 5.89. The highest BCUT2D eigenvalue weighted by atomic mass is 19.1. The summed E-state index contributed by atoms with van der Waals surface area (Å²) in [6.07, 6.45) is 4.85. The van der Waals surface area contributed by atoms with E-state index in [2.05, 4.69) is 45.8 Å². The molecule has 1 aliphatic rings. The number of fused-ring (bicyclic) bond motifs is 1. The largest absolute Gasteiger partial charge is 0.356 e. The van der Waals surface area contributed by atoms with Gasteiger partial charge in [-0.15, -0.1) is 0 Å². The average molecular weight is 397 g/mol. The molecule has 2 atom stereocenters. The van der Waals surface area contributed by atoms with Crippen LogP contribution in [0.1, 0.15) is 40.0 Å². The van der Waals surface area contributed by atoms with Crippen molar-refractivity contribution in [3.05, 3.63) is 36.3 Å². The van der Waals surface area contributed by atoms with E-state index < -0.39 is 0 Å². The molecule has 1 fully saturated rings. The standard InChI is InChI=1S/C22H29FN6/c1-22(2,3)12-17(24)14-6-5-11-29(13-14)18-9-8-16(23)20(26-18)19-15-7-4-10-25-21(15)28-27-19/h4,7-10,14,17H,5-6,11-13,24H2,1-3H3,(H,25,27,28). The molecule has 0 aliphatic carbocycles. The van der Waals surface area contributed by atoms with Crippen molar-refractivity contribution in [3.8, 4) is 11.4 Å². The summed E-state index contributed by atoms with van der Waals surface area (Å²) >= 11 is 0. The number of nitrogens with two attached hydrogens (primary N) is 1. The molecule has 154 valence electrons. The molecule has 4 rings (SSSR count). The van der Waals surface area contributed by atoms with E-state index in [0.717, 1.165) is 43.6 Å². The van der Waals surface area contributed by atoms with Crippen LogP contribution in [0, 0.1) is 17.2 Å². The number of anilines is 1. The number of pyridine rings is 2. The summed E-state index contributed by atoms with van der Waals surface area (Å²) < 4.78 is 14.6. The minimum atomic E-state index is -0.385. The highest BCUT2D eigenvalue weighted by Gasteiger charge is 2.29. The molecule has 0 aromatic carbocycles. The number of hydrogen-bond donors (Lipinski definition) is 2. The van der Waals surface area contributed by atoms with E-state index in [9.17, 15) is 4.39 Å². The van der Waals surface area contributed by atoms with E-state index in [1.54, 1.807) is 12.3 Å². The summed E-state index contributed by atoms with van der Waals surface area (Å²) in [7, 11) is 0. The Morgan fingerprint density at radius 3 is 2.90 bits per heavy atom. The molecule has 0 saturated carbocycles. The number of piperidine rings is 1. The molecule has 6 nitrogen and oxygen atoms in total. The average Bonchev–Trinajstić information content (AvgIpc) is 3.11. The van der Waals surface area contributed by atoms with Gasteiger partial charge in [-0.2, -0.15) is 5.10 Å². The van der Waals surface area contributed by atoms with E-state index in [1.807, 2.05) is 12.1 Å². The van der Waals surface area contributed by atoms with Crippen molar-refractivity contribution in [1.82, 2.24) is 20.2 Å². The predicted octanol–water partition coefficient (Wildman–Crippen LogP) is 4.14. The summed E-state index contributed by atoms with van der Waals surface area (Å²) in [6.45, 7) is 8.43. The van der Waals surface area contributed by atoms with Gasteiger partial charge in [-0.1, -0.05) is 20.8 Å². The van der Waals surface area contributed by atoms with Gasteiger partial charge in [0.2, 0.25) is 0 Å². The van der Waals surface area contributed by atoms with Crippen LogP contribution >= 0.6 is 0 Å². The van der Waals surface area contributed by atoms with Gasteiger partial charge >= 0.3 is 0 Å². The summed E-state index contributed by atoms with van der Waals surface area (Å²) in [5.74, 6) is 0.798. The molecular weight excluding hydrogens is 367 g/mol. The molecular formula is C22H29FN6. The lowest BCUT2D eigenvalue weighted by Gasteiger charge is -2.38. The second-order valence-corrected chi connectivity index (χ2v) is 9.25. The molecule has 0 bridgehead atoms. The molecule has 0 radical (unpaired) electrons. The maximum Gasteiger partial charge on any atom is 0.155 e. The number of aromatic amines is 1. The quantitative estimate of drug-likeness (QED) is 0.692. The van der Waals surface area contributed by atoms with Crippen LogP contribution in [0.3, 0.4) is 0 Å². The lowest BCUT2D eigenvalue weighted by atomic mass is 9.80. The number of nitrogens with zero attached hydrogens (tertiary/aromatic N) is 4. The van der Waals surface area contributed by atoms with Crippen LogP contribution < -0.4 is 10.6 Å². The zero-order chi connectivity index (χ0) is 20.6. The Hall–Kier alpha value is -2.54. The fraction of sp³-hybridized carbons (Fsp3) is 0.500. The first-order valence-corrected chi connectivity index (χ1v) is 10.3. The fourth-order valence-corrected chi connectivity index (χ4v) is 4.25. The van der Waals surface area contributed by atoms with Crippen molar-refractivity contribution in [2.45, 2.75) is 46.1 Å². The third kappa shape index (κ3) is 4.24. The number of hydrogen-bond acceptors (Lipinski definition) is 5. The molecule has 3 aromatic rings.